The lowest BCUT2D eigenvalue weighted by Crippen LogP contribution is -2.21. The Morgan fingerprint density at radius 1 is 1.00 bits per heavy atom. The zero-order valence-corrected chi connectivity index (χ0v) is 12.8. The van der Waals surface area contributed by atoms with Gasteiger partial charge in [-0.25, -0.2) is 4.98 Å². The number of hydrogen-bond acceptors (Lipinski definition) is 5. The lowest BCUT2D eigenvalue weighted by molar-refractivity contribution is -0.0882. The maximum absolute atomic E-state index is 12.4. The van der Waals surface area contributed by atoms with Crippen LogP contribution in [0.2, 0.25) is 0 Å². The zero-order valence-electron chi connectivity index (χ0n) is 11.2. The summed E-state index contributed by atoms with van der Waals surface area (Å²) in [6.07, 6.45) is -4.95. The van der Waals surface area contributed by atoms with Gasteiger partial charge in [-0.15, -0.1) is 11.3 Å². The van der Waals surface area contributed by atoms with Crippen LogP contribution in [0.3, 0.4) is 0 Å². The van der Waals surface area contributed by atoms with Gasteiger partial charge in [-0.2, -0.15) is 13.2 Å². The van der Waals surface area contributed by atoms with Crippen LogP contribution in [0, 0.1) is 0 Å². The number of benzene rings is 1. The number of halogens is 3. The molecule has 3 aromatic rings. The molecule has 0 unspecified atom stereocenters. The van der Waals surface area contributed by atoms with Gasteiger partial charge < -0.3 is 0 Å². The van der Waals surface area contributed by atoms with E-state index < -0.39 is 22.7 Å². The van der Waals surface area contributed by atoms with Gasteiger partial charge in [0.25, 0.3) is 11.7 Å². The Bertz CT molecular complexity index is 866. The number of thiazole rings is 1. The number of anilines is 1. The van der Waals surface area contributed by atoms with Gasteiger partial charge in [0, 0.05) is 0 Å². The summed E-state index contributed by atoms with van der Waals surface area (Å²) in [6, 6.07) is 9.45. The van der Waals surface area contributed by atoms with Crippen LogP contribution in [-0.2, 0) is 0 Å². The summed E-state index contributed by atoms with van der Waals surface area (Å²) in [7, 11) is 0. The summed E-state index contributed by atoms with van der Waals surface area (Å²) >= 11 is 1.75. The van der Waals surface area contributed by atoms with Crippen LogP contribution in [0.15, 0.2) is 36.4 Å². The Balaban J connectivity index is 1.78. The number of para-hydroxylation sites is 1. The molecule has 0 aliphatic heterocycles. The highest BCUT2D eigenvalue weighted by atomic mass is 32.1. The molecule has 2 aromatic heterocycles. The second-order valence-corrected chi connectivity index (χ2v) is 6.55. The lowest BCUT2D eigenvalue weighted by Gasteiger charge is -2.01. The van der Waals surface area contributed by atoms with Crippen LogP contribution in [0.4, 0.5) is 18.3 Å². The Labute approximate surface area is 135 Å². The lowest BCUT2D eigenvalue weighted by atomic mass is 10.3. The minimum atomic E-state index is -4.95. The molecule has 0 saturated heterocycles. The standard InChI is InChI=1S/C14H7F3N2O2S2/c15-14(16,17)11(20)9-5-6-10(22-9)12(21)19-13-18-7-3-1-2-4-8(7)23-13/h1-6H,(H,18,19,21). The Morgan fingerprint density at radius 2 is 1.70 bits per heavy atom. The van der Waals surface area contributed by atoms with Crippen LogP contribution in [0.25, 0.3) is 10.2 Å². The van der Waals surface area contributed by atoms with Crippen LogP contribution in [-0.4, -0.2) is 22.9 Å². The molecule has 1 amide bonds. The molecule has 0 aliphatic carbocycles. The van der Waals surface area contributed by atoms with Crippen molar-refractivity contribution in [2.24, 2.45) is 0 Å². The third-order valence-electron chi connectivity index (χ3n) is 2.83. The molecule has 4 nitrogen and oxygen atoms in total. The smallest absolute Gasteiger partial charge is 0.297 e. The molecule has 0 aliphatic rings. The first kappa shape index (κ1) is 15.6. The summed E-state index contributed by atoms with van der Waals surface area (Å²) in [5, 5.41) is 2.87. The number of alkyl halides is 3. The van der Waals surface area contributed by atoms with E-state index in [1.54, 1.807) is 6.07 Å². The van der Waals surface area contributed by atoms with Gasteiger partial charge in [-0.3, -0.25) is 14.9 Å². The summed E-state index contributed by atoms with van der Waals surface area (Å²) < 4.78 is 38.0. The average Bonchev–Trinajstić information content (AvgIpc) is 3.11. The normalized spacial score (nSPS) is 11.6. The van der Waals surface area contributed by atoms with Crippen molar-refractivity contribution < 1.29 is 22.8 Å². The molecule has 23 heavy (non-hydrogen) atoms. The highest BCUT2D eigenvalue weighted by molar-refractivity contribution is 7.22. The number of ketones is 1. The number of thiophene rings is 1. The molecular weight excluding hydrogens is 349 g/mol. The second-order valence-electron chi connectivity index (χ2n) is 4.43. The number of rotatable bonds is 3. The number of hydrogen-bond donors (Lipinski definition) is 1. The van der Waals surface area contributed by atoms with E-state index in [9.17, 15) is 22.8 Å². The summed E-state index contributed by atoms with van der Waals surface area (Å²) in [4.78, 5) is 26.9. The van der Waals surface area contributed by atoms with Gasteiger partial charge in [-0.1, -0.05) is 23.5 Å². The van der Waals surface area contributed by atoms with Crippen molar-refractivity contribution >= 4 is 49.7 Å². The van der Waals surface area contributed by atoms with E-state index in [2.05, 4.69) is 10.3 Å². The topological polar surface area (TPSA) is 59.1 Å². The van der Waals surface area contributed by atoms with Crippen LogP contribution in [0.5, 0.6) is 0 Å². The van der Waals surface area contributed by atoms with E-state index in [4.69, 9.17) is 0 Å². The van der Waals surface area contributed by atoms with E-state index >= 15 is 0 Å². The van der Waals surface area contributed by atoms with Crippen LogP contribution >= 0.6 is 22.7 Å². The first-order valence-electron chi connectivity index (χ1n) is 6.23. The van der Waals surface area contributed by atoms with Crippen LogP contribution < -0.4 is 5.32 Å². The SMILES string of the molecule is O=C(Nc1nc2ccccc2s1)c1ccc(C(=O)C(F)(F)F)s1. The maximum atomic E-state index is 12.4. The molecule has 2 heterocycles. The van der Waals surface area contributed by atoms with E-state index in [-0.39, 0.29) is 4.88 Å². The minimum Gasteiger partial charge on any atom is -0.297 e. The Morgan fingerprint density at radius 3 is 2.39 bits per heavy atom. The first-order chi connectivity index (χ1) is 10.8. The predicted molar refractivity (Wildman–Crippen MR) is 82.3 cm³/mol. The summed E-state index contributed by atoms with van der Waals surface area (Å²) in [6.45, 7) is 0. The van der Waals surface area contributed by atoms with Gasteiger partial charge >= 0.3 is 6.18 Å². The van der Waals surface area contributed by atoms with E-state index in [0.29, 0.717) is 22.0 Å². The van der Waals surface area contributed by atoms with Crippen molar-refractivity contribution in [1.82, 2.24) is 4.98 Å². The van der Waals surface area contributed by atoms with Gasteiger partial charge in [0.15, 0.2) is 5.13 Å². The molecular formula is C14H7F3N2O2S2. The fraction of sp³-hybridized carbons (Fsp3) is 0.0714. The van der Waals surface area contributed by atoms with Crippen molar-refractivity contribution in [2.75, 3.05) is 5.32 Å². The van der Waals surface area contributed by atoms with Crippen molar-refractivity contribution in [3.63, 3.8) is 0 Å². The molecule has 0 fully saturated rings. The van der Waals surface area contributed by atoms with Crippen molar-refractivity contribution in [3.05, 3.63) is 46.2 Å². The molecule has 0 saturated carbocycles. The molecule has 0 bridgehead atoms. The average molecular weight is 356 g/mol. The quantitative estimate of drug-likeness (QED) is 0.710. The fourth-order valence-electron chi connectivity index (χ4n) is 1.81. The van der Waals surface area contributed by atoms with Crippen molar-refractivity contribution in [2.45, 2.75) is 6.18 Å². The number of aromatic nitrogens is 1. The summed E-state index contributed by atoms with van der Waals surface area (Å²) in [5.74, 6) is -2.56. The number of fused-ring (bicyclic) bond motifs is 1. The first-order valence-corrected chi connectivity index (χ1v) is 7.86. The van der Waals surface area contributed by atoms with Gasteiger partial charge in [0.2, 0.25) is 0 Å². The number of nitrogens with one attached hydrogen (secondary N) is 1. The van der Waals surface area contributed by atoms with Crippen LogP contribution in [0.1, 0.15) is 19.3 Å². The Hall–Kier alpha value is -2.26. The molecule has 118 valence electrons. The third-order valence-corrected chi connectivity index (χ3v) is 4.86. The molecule has 0 spiro atoms. The number of carbonyl (C=O) groups is 2. The second kappa shape index (κ2) is 5.74. The van der Waals surface area contributed by atoms with Gasteiger partial charge in [0.05, 0.1) is 20.0 Å². The maximum Gasteiger partial charge on any atom is 0.455 e. The number of nitrogens with zero attached hydrogens (tertiary/aromatic N) is 1. The largest absolute Gasteiger partial charge is 0.455 e. The molecule has 0 atom stereocenters. The van der Waals surface area contributed by atoms with Gasteiger partial charge in [0.1, 0.15) is 0 Å². The number of carbonyl (C=O) groups excluding carboxylic acids is 2. The fourth-order valence-corrected chi connectivity index (χ4v) is 3.53. The molecule has 3 rings (SSSR count). The summed E-state index contributed by atoms with van der Waals surface area (Å²) in [5.41, 5.74) is 0.715. The highest BCUT2D eigenvalue weighted by Crippen LogP contribution is 2.28. The predicted octanol–water partition coefficient (Wildman–Crippen LogP) is 4.36. The zero-order chi connectivity index (χ0) is 16.6. The highest BCUT2D eigenvalue weighted by Gasteiger charge is 2.40. The van der Waals surface area contributed by atoms with E-state index in [1.807, 2.05) is 18.2 Å². The molecule has 0 radical (unpaired) electrons. The molecule has 9 heteroatoms. The monoisotopic (exact) mass is 356 g/mol. The van der Waals surface area contributed by atoms with Gasteiger partial charge in [-0.05, 0) is 24.3 Å². The molecule has 1 aromatic carbocycles. The minimum absolute atomic E-state index is 0.0110. The number of amides is 1. The van der Waals surface area contributed by atoms with E-state index in [0.717, 1.165) is 10.8 Å². The van der Waals surface area contributed by atoms with Crippen molar-refractivity contribution in [1.29, 1.82) is 0 Å². The van der Waals surface area contributed by atoms with E-state index in [1.165, 1.54) is 17.4 Å². The molecule has 1 N–H and O–H groups in total. The van der Waals surface area contributed by atoms with Crippen molar-refractivity contribution in [3.8, 4) is 0 Å². The Kier molecular flexibility index (Phi) is 3.90. The third kappa shape index (κ3) is 3.25. The number of Topliss-reactive ketones (excluding diaryl/α,β-unsaturated/α-hetero) is 1.